The van der Waals surface area contributed by atoms with Gasteiger partial charge < -0.3 is 33.9 Å². The van der Waals surface area contributed by atoms with Crippen molar-refractivity contribution in [2.45, 2.75) is 70.6 Å². The van der Waals surface area contributed by atoms with Gasteiger partial charge in [0.1, 0.15) is 0 Å². The van der Waals surface area contributed by atoms with Gasteiger partial charge in [0.15, 0.2) is 0 Å². The second-order valence-corrected chi connectivity index (χ2v) is 17.0. The fourth-order valence-corrected chi connectivity index (χ4v) is 6.19. The quantitative estimate of drug-likeness (QED) is 0.0159. The first-order valence-electron chi connectivity index (χ1n) is 26.5. The second-order valence-electron chi connectivity index (χ2n) is 17.0. The number of carboxylic acids is 1. The first-order valence-corrected chi connectivity index (χ1v) is 26.5. The van der Waals surface area contributed by atoms with Gasteiger partial charge in [-0.2, -0.15) is 0 Å². The van der Waals surface area contributed by atoms with E-state index in [2.05, 4.69) is 68.7 Å². The van der Waals surface area contributed by atoms with Crippen molar-refractivity contribution in [2.24, 2.45) is 17.8 Å². The lowest BCUT2D eigenvalue weighted by molar-refractivity contribution is -0.144. The summed E-state index contributed by atoms with van der Waals surface area (Å²) in [6.07, 6.45) is 21.7. The van der Waals surface area contributed by atoms with Gasteiger partial charge in [-0.15, -0.1) is 65.0 Å². The summed E-state index contributed by atoms with van der Waals surface area (Å²) in [5.74, 6) is -1.76. The fourth-order valence-electron chi connectivity index (χ4n) is 6.19. The Balaban J connectivity index is -0.00000102. The van der Waals surface area contributed by atoms with Crippen molar-refractivity contribution in [3.8, 4) is 22.3 Å². The van der Waals surface area contributed by atoms with E-state index >= 15 is 0 Å². The van der Waals surface area contributed by atoms with E-state index in [4.69, 9.17) is 24.4 Å². The normalized spacial score (nSPS) is 9.44. The third-order valence-electron chi connectivity index (χ3n) is 11.1. The number of ether oxygens (including phenoxy) is 5. The number of rotatable bonds is 31. The molecule has 0 radical (unpaired) electrons. The number of aliphatic carboxylic acids is 1. The number of hydrogen-bond acceptors (Lipinski definition) is 12. The molecule has 0 aromatic heterocycles. The minimum atomic E-state index is -0.770. The summed E-state index contributed by atoms with van der Waals surface area (Å²) < 4.78 is 24.2. The third-order valence-corrected chi connectivity index (χ3v) is 11.1. The molecule has 0 aliphatic carbocycles. The molecular formula is C68H87ClO13. The van der Waals surface area contributed by atoms with E-state index in [1.54, 1.807) is 60.7 Å². The largest absolute Gasteiger partial charge is 0.481 e. The molecule has 0 bridgehead atoms. The van der Waals surface area contributed by atoms with Crippen LogP contribution >= 0.6 is 12.4 Å². The first-order chi connectivity index (χ1) is 39.1. The number of aliphatic hydroxyl groups excluding tert-OH is 1. The van der Waals surface area contributed by atoms with Crippen LogP contribution in [-0.4, -0.2) is 86.7 Å². The summed E-state index contributed by atoms with van der Waals surface area (Å²) in [4.78, 5) is 66.1. The highest BCUT2D eigenvalue weighted by molar-refractivity contribution is 5.90. The molecule has 444 valence electrons. The summed E-state index contributed by atoms with van der Waals surface area (Å²) in [6.45, 7) is 32.9. The van der Waals surface area contributed by atoms with Crippen molar-refractivity contribution >= 4 is 48.2 Å². The molecule has 13 nitrogen and oxygen atoms in total. The van der Waals surface area contributed by atoms with Crippen LogP contribution in [0.1, 0.15) is 91.3 Å². The highest BCUT2D eigenvalue weighted by atomic mass is 35.5. The van der Waals surface area contributed by atoms with Crippen LogP contribution in [0, 0.1) is 17.8 Å². The Hall–Kier alpha value is -8.39. The summed E-state index contributed by atoms with van der Waals surface area (Å²) in [5.41, 5.74) is 5.42. The number of esters is 5. The lowest BCUT2D eigenvalue weighted by atomic mass is 10.0. The zero-order valence-electron chi connectivity index (χ0n) is 48.1. The smallest absolute Gasteiger partial charge is 0.338 e. The molecule has 82 heavy (non-hydrogen) atoms. The predicted octanol–water partition coefficient (Wildman–Crippen LogP) is 15.2. The van der Waals surface area contributed by atoms with Gasteiger partial charge in [0.25, 0.3) is 0 Å². The molecule has 0 amide bonds. The molecule has 4 rings (SSSR count). The van der Waals surface area contributed by atoms with Crippen LogP contribution < -0.4 is 0 Å². The maximum atomic E-state index is 12.1. The Morgan fingerprint density at radius 3 is 1.09 bits per heavy atom. The second kappa shape index (κ2) is 53.3. The molecule has 2 N–H and O–H groups in total. The molecule has 0 spiro atoms. The molecule has 0 fully saturated rings. The van der Waals surface area contributed by atoms with E-state index in [9.17, 15) is 28.8 Å². The highest BCUT2D eigenvalue weighted by Gasteiger charge is 2.10. The summed E-state index contributed by atoms with van der Waals surface area (Å²) in [7, 11) is 2.70. The van der Waals surface area contributed by atoms with Gasteiger partial charge in [-0.25, -0.2) is 14.4 Å². The minimum Gasteiger partial charge on any atom is -0.481 e. The Kier molecular flexibility index (Phi) is 50.6. The molecule has 4 aromatic rings. The van der Waals surface area contributed by atoms with E-state index in [-0.39, 0.29) is 67.1 Å². The molecule has 0 atom stereocenters. The molecule has 0 saturated heterocycles. The third kappa shape index (κ3) is 40.7. The number of carbonyl (C=O) groups excluding carboxylic acids is 5. The van der Waals surface area contributed by atoms with Crippen molar-refractivity contribution < 1.29 is 62.7 Å². The Labute approximate surface area is 494 Å². The lowest BCUT2D eigenvalue weighted by Crippen LogP contribution is -2.09. The van der Waals surface area contributed by atoms with Gasteiger partial charge in [-0.3, -0.25) is 14.4 Å². The van der Waals surface area contributed by atoms with Crippen LogP contribution in [0.25, 0.3) is 22.3 Å². The van der Waals surface area contributed by atoms with Crippen LogP contribution in [0.4, 0.5) is 0 Å². The van der Waals surface area contributed by atoms with Crippen molar-refractivity contribution in [1.82, 2.24) is 0 Å². The Morgan fingerprint density at radius 1 is 0.451 bits per heavy atom. The molecule has 14 heteroatoms. The Morgan fingerprint density at radius 2 is 0.793 bits per heavy atom. The van der Waals surface area contributed by atoms with Gasteiger partial charge >= 0.3 is 35.8 Å². The number of benzene rings is 4. The average molecular weight is 1150 g/mol. The van der Waals surface area contributed by atoms with Crippen LogP contribution in [0.5, 0.6) is 0 Å². The molecule has 4 aromatic carbocycles. The number of methoxy groups -OCH3 is 2. The number of unbranched alkanes of at least 4 members (excludes halogenated alkanes) is 2. The van der Waals surface area contributed by atoms with E-state index in [1.165, 1.54) is 14.2 Å². The van der Waals surface area contributed by atoms with Gasteiger partial charge in [-0.05, 0) is 116 Å². The van der Waals surface area contributed by atoms with E-state index in [0.717, 1.165) is 41.2 Å². The van der Waals surface area contributed by atoms with Crippen LogP contribution in [0.15, 0.2) is 223 Å². The minimum absolute atomic E-state index is 0. The van der Waals surface area contributed by atoms with Crippen LogP contribution in [0.3, 0.4) is 0 Å². The Bertz CT molecular complexity index is 2440. The fraction of sp³-hybridized carbons (Fsp3) is 0.294. The van der Waals surface area contributed by atoms with Gasteiger partial charge in [-0.1, -0.05) is 140 Å². The SMILES string of the molecule is C=CC(=O)OC.C=CC(C=C)CCC(=O)O.C=CC(C=C)CCC(=O)OC.C=CC(C=C)CCC(=O)OCCCCOC(=O)c1ccc(-c2ccccc2)cc1.C=CCC=C.Cl.O=C(OCCCCO)c1ccc(-c2ccccc2)cc1. The molecule has 0 unspecified atom stereocenters. The summed E-state index contributed by atoms with van der Waals surface area (Å²) in [5, 5.41) is 16.9. The highest BCUT2D eigenvalue weighted by Crippen LogP contribution is 2.21. The monoisotopic (exact) mass is 1150 g/mol. The molecule has 0 aliphatic rings. The molecule has 0 heterocycles. The van der Waals surface area contributed by atoms with Crippen molar-refractivity contribution in [3.05, 3.63) is 234 Å². The van der Waals surface area contributed by atoms with Crippen molar-refractivity contribution in [3.63, 3.8) is 0 Å². The standard InChI is InChI=1S/C25H28O4.C17H18O3.C9H14O2.C8H12O2.C5H8.C4H6O2.ClH/c1-3-20(4-2)12-17-24(26)28-18-8-9-19-29-25(27)23-15-13-22(14-16-23)21-10-6-5-7-11-21;18-12-4-5-13-20-17(19)16-10-8-15(9-11-16)14-6-2-1-3-7-14;1-4-8(5-2)6-7-9(10)11-3;1-3-7(4-2)5-6-8(9)10;1-3-5-4-2;1-3-4(5)6-2;/h3-7,10-11,13-16,20H,1-2,8-9,12,17-19H2;1-3,6-11,18H,4-5,12-13H2;4-5,8H,1-2,6-7H2,3H3;3-4,7H,1-2,5-6H2,(H,9,10);3-4H,1-2,5H2;3H,1H2,2H3;1H. The number of aliphatic hydroxyl groups is 1. The lowest BCUT2D eigenvalue weighted by Gasteiger charge is -2.08. The number of halogens is 1. The topological polar surface area (TPSA) is 189 Å². The summed E-state index contributed by atoms with van der Waals surface area (Å²) >= 11 is 0. The number of carboxylic acid groups (broad SMARTS) is 1. The number of carbonyl (C=O) groups is 6. The molecular weight excluding hydrogens is 1060 g/mol. The summed E-state index contributed by atoms with van der Waals surface area (Å²) in [6, 6.07) is 34.7. The zero-order valence-corrected chi connectivity index (χ0v) is 48.9. The maximum absolute atomic E-state index is 12.1. The van der Waals surface area contributed by atoms with E-state index in [1.807, 2.05) is 97.1 Å². The molecule has 0 saturated carbocycles. The van der Waals surface area contributed by atoms with Gasteiger partial charge in [0.05, 0.1) is 45.2 Å². The van der Waals surface area contributed by atoms with E-state index < -0.39 is 11.9 Å². The number of hydrogen-bond donors (Lipinski definition) is 2. The number of allylic oxidation sites excluding steroid dienone is 8. The van der Waals surface area contributed by atoms with Gasteiger partial charge in [0, 0.05) is 31.9 Å². The first kappa shape index (κ1) is 77.8. The van der Waals surface area contributed by atoms with Crippen molar-refractivity contribution in [1.29, 1.82) is 0 Å². The zero-order chi connectivity index (χ0) is 60.9. The van der Waals surface area contributed by atoms with Crippen molar-refractivity contribution in [2.75, 3.05) is 40.6 Å². The average Bonchev–Trinajstić information content (AvgIpc) is 3.53. The van der Waals surface area contributed by atoms with E-state index in [0.29, 0.717) is 82.3 Å². The predicted molar refractivity (Wildman–Crippen MR) is 334 cm³/mol. The van der Waals surface area contributed by atoms with Crippen LogP contribution in [-0.2, 0) is 42.9 Å². The van der Waals surface area contributed by atoms with Gasteiger partial charge in [0.2, 0.25) is 0 Å². The maximum Gasteiger partial charge on any atom is 0.338 e. The molecule has 0 aliphatic heterocycles. The van der Waals surface area contributed by atoms with Crippen LogP contribution in [0.2, 0.25) is 0 Å².